The predicted octanol–water partition coefficient (Wildman–Crippen LogP) is 1.78. The fourth-order valence-corrected chi connectivity index (χ4v) is 2.33. The summed E-state index contributed by atoms with van der Waals surface area (Å²) in [5.74, 6) is -0.253. The van der Waals surface area contributed by atoms with E-state index in [2.05, 4.69) is 10.9 Å². The highest BCUT2D eigenvalue weighted by molar-refractivity contribution is 5.99. The first-order chi connectivity index (χ1) is 9.37. The van der Waals surface area contributed by atoms with Crippen molar-refractivity contribution < 1.29 is 9.59 Å². The topological polar surface area (TPSA) is 84.2 Å². The van der Waals surface area contributed by atoms with Crippen molar-refractivity contribution in [3.05, 3.63) is 41.6 Å². The van der Waals surface area contributed by atoms with E-state index in [9.17, 15) is 9.59 Å². The number of hydrogen-bond donors (Lipinski definition) is 3. The van der Waals surface area contributed by atoms with Crippen LogP contribution in [0.25, 0.3) is 0 Å². The third-order valence-electron chi connectivity index (χ3n) is 3.20. The lowest BCUT2D eigenvalue weighted by Gasteiger charge is -2.29. The number of rotatable bonds is 3. The normalized spacial score (nSPS) is 17.3. The second kappa shape index (κ2) is 5.36. The maximum absolute atomic E-state index is 12.0. The van der Waals surface area contributed by atoms with Gasteiger partial charge in [-0.05, 0) is 24.0 Å². The number of hydrogen-bond acceptors (Lipinski definition) is 4. The van der Waals surface area contributed by atoms with Crippen LogP contribution in [0.4, 0.5) is 5.69 Å². The summed E-state index contributed by atoms with van der Waals surface area (Å²) in [5.41, 5.74) is 12.6. The summed E-state index contributed by atoms with van der Waals surface area (Å²) in [5, 5.41) is 0. The molecule has 20 heavy (non-hydrogen) atoms. The second-order valence-corrected chi connectivity index (χ2v) is 5.82. The van der Waals surface area contributed by atoms with Gasteiger partial charge in [-0.2, -0.15) is 0 Å². The van der Waals surface area contributed by atoms with E-state index < -0.39 is 0 Å². The van der Waals surface area contributed by atoms with Crippen LogP contribution in [0.3, 0.4) is 0 Å². The quantitative estimate of drug-likeness (QED) is 0.579. The predicted molar refractivity (Wildman–Crippen MR) is 77.6 cm³/mol. The van der Waals surface area contributed by atoms with Crippen LogP contribution in [0.1, 0.15) is 37.0 Å². The maximum Gasteiger partial charge on any atom is 0.271 e. The molecule has 1 amide bonds. The summed E-state index contributed by atoms with van der Waals surface area (Å²) >= 11 is 0. The number of nitrogens with one attached hydrogen (secondary N) is 2. The Bertz CT molecular complexity index is 576. The molecular weight excluding hydrogens is 254 g/mol. The molecular formula is C15H19N3O2. The standard InChI is InChI=1S/C15H19N3O2/c1-15(2)8-10(7-11(19)9-15)17-18-14(20)12-5-3-4-6-13(12)16/h3-7,17H,8-9,16H2,1-2H3,(H,18,20). The van der Waals surface area contributed by atoms with Crippen LogP contribution < -0.4 is 16.6 Å². The van der Waals surface area contributed by atoms with Gasteiger partial charge in [0.05, 0.1) is 5.56 Å². The van der Waals surface area contributed by atoms with Crippen LogP contribution in [0.2, 0.25) is 0 Å². The number of anilines is 1. The number of allylic oxidation sites excluding steroid dienone is 2. The number of ketones is 1. The van der Waals surface area contributed by atoms with Crippen LogP contribution in [0, 0.1) is 5.41 Å². The van der Waals surface area contributed by atoms with E-state index in [1.807, 2.05) is 13.8 Å². The fourth-order valence-electron chi connectivity index (χ4n) is 2.33. The molecule has 2 rings (SSSR count). The summed E-state index contributed by atoms with van der Waals surface area (Å²) in [6, 6.07) is 6.83. The van der Waals surface area contributed by atoms with Gasteiger partial charge in [-0.1, -0.05) is 26.0 Å². The molecule has 4 N–H and O–H groups in total. The minimum Gasteiger partial charge on any atom is -0.398 e. The average molecular weight is 273 g/mol. The molecule has 0 fully saturated rings. The lowest BCUT2D eigenvalue weighted by atomic mass is 9.79. The highest BCUT2D eigenvalue weighted by Gasteiger charge is 2.27. The van der Waals surface area contributed by atoms with Crippen molar-refractivity contribution in [1.82, 2.24) is 10.9 Å². The van der Waals surface area contributed by atoms with Crippen molar-refractivity contribution >= 4 is 17.4 Å². The molecule has 0 saturated heterocycles. The number of para-hydroxylation sites is 1. The Morgan fingerprint density at radius 3 is 2.60 bits per heavy atom. The van der Waals surface area contributed by atoms with E-state index >= 15 is 0 Å². The van der Waals surface area contributed by atoms with Gasteiger partial charge in [-0.25, -0.2) is 0 Å². The monoisotopic (exact) mass is 273 g/mol. The van der Waals surface area contributed by atoms with Gasteiger partial charge >= 0.3 is 0 Å². The van der Waals surface area contributed by atoms with Gasteiger partial charge in [0.1, 0.15) is 0 Å². The number of benzene rings is 1. The van der Waals surface area contributed by atoms with Gasteiger partial charge in [0.2, 0.25) is 0 Å². The first-order valence-electron chi connectivity index (χ1n) is 6.52. The van der Waals surface area contributed by atoms with Gasteiger partial charge in [0.15, 0.2) is 5.78 Å². The van der Waals surface area contributed by atoms with Crippen molar-refractivity contribution in [2.75, 3.05) is 5.73 Å². The van der Waals surface area contributed by atoms with E-state index in [4.69, 9.17) is 5.73 Å². The van der Waals surface area contributed by atoms with Crippen molar-refractivity contribution in [2.24, 2.45) is 5.41 Å². The lowest BCUT2D eigenvalue weighted by Crippen LogP contribution is -2.40. The third-order valence-corrected chi connectivity index (χ3v) is 3.20. The highest BCUT2D eigenvalue weighted by atomic mass is 16.2. The van der Waals surface area contributed by atoms with Crippen LogP contribution in [-0.4, -0.2) is 11.7 Å². The Balaban J connectivity index is 2.01. The van der Waals surface area contributed by atoms with Crippen molar-refractivity contribution in [1.29, 1.82) is 0 Å². The molecule has 0 aliphatic heterocycles. The average Bonchev–Trinajstić information content (AvgIpc) is 2.34. The third kappa shape index (κ3) is 3.38. The van der Waals surface area contributed by atoms with Crippen LogP contribution in [0.15, 0.2) is 36.0 Å². The van der Waals surface area contributed by atoms with Crippen LogP contribution >= 0.6 is 0 Å². The molecule has 1 aromatic rings. The molecule has 106 valence electrons. The zero-order valence-corrected chi connectivity index (χ0v) is 11.7. The summed E-state index contributed by atoms with van der Waals surface area (Å²) in [6.45, 7) is 4.05. The van der Waals surface area contributed by atoms with E-state index in [1.54, 1.807) is 30.3 Å². The van der Waals surface area contributed by atoms with Gasteiger partial charge < -0.3 is 11.2 Å². The summed E-state index contributed by atoms with van der Waals surface area (Å²) in [6.07, 6.45) is 2.78. The molecule has 0 heterocycles. The molecule has 1 aromatic carbocycles. The number of hydrazine groups is 1. The fraction of sp³-hybridized carbons (Fsp3) is 0.333. The number of nitrogens with two attached hydrogens (primary N) is 1. The van der Waals surface area contributed by atoms with E-state index in [0.717, 1.165) is 0 Å². The van der Waals surface area contributed by atoms with E-state index in [-0.39, 0.29) is 17.1 Å². The zero-order valence-electron chi connectivity index (χ0n) is 11.7. The van der Waals surface area contributed by atoms with Crippen molar-refractivity contribution in [3.8, 4) is 0 Å². The zero-order chi connectivity index (χ0) is 14.8. The Hall–Kier alpha value is -2.30. The molecule has 5 heteroatoms. The number of amides is 1. The molecule has 0 unspecified atom stereocenters. The lowest BCUT2D eigenvalue weighted by molar-refractivity contribution is -0.117. The molecule has 0 bridgehead atoms. The minimum absolute atomic E-state index is 0.0669. The minimum atomic E-state index is -0.320. The molecule has 0 atom stereocenters. The molecule has 5 nitrogen and oxygen atoms in total. The summed E-state index contributed by atoms with van der Waals surface area (Å²) < 4.78 is 0. The highest BCUT2D eigenvalue weighted by Crippen LogP contribution is 2.32. The Kier molecular flexibility index (Phi) is 3.79. The maximum atomic E-state index is 12.0. The van der Waals surface area contributed by atoms with Gasteiger partial charge in [-0.15, -0.1) is 0 Å². The Morgan fingerprint density at radius 1 is 1.25 bits per heavy atom. The Morgan fingerprint density at radius 2 is 1.95 bits per heavy atom. The molecule has 0 aromatic heterocycles. The van der Waals surface area contributed by atoms with Crippen molar-refractivity contribution in [3.63, 3.8) is 0 Å². The largest absolute Gasteiger partial charge is 0.398 e. The van der Waals surface area contributed by atoms with Gasteiger partial charge in [0.25, 0.3) is 5.91 Å². The van der Waals surface area contributed by atoms with E-state index in [0.29, 0.717) is 29.8 Å². The van der Waals surface area contributed by atoms with Crippen molar-refractivity contribution in [2.45, 2.75) is 26.7 Å². The summed E-state index contributed by atoms with van der Waals surface area (Å²) in [7, 11) is 0. The number of carbonyl (C=O) groups is 2. The molecule has 1 aliphatic rings. The second-order valence-electron chi connectivity index (χ2n) is 5.82. The molecule has 0 radical (unpaired) electrons. The first-order valence-corrected chi connectivity index (χ1v) is 6.52. The number of carbonyl (C=O) groups excluding carboxylic acids is 2. The van der Waals surface area contributed by atoms with Crippen LogP contribution in [0.5, 0.6) is 0 Å². The number of nitrogen functional groups attached to an aromatic ring is 1. The summed E-state index contributed by atoms with van der Waals surface area (Å²) in [4.78, 5) is 23.6. The SMILES string of the molecule is CC1(C)CC(=O)C=C(NNC(=O)c2ccccc2N)C1. The first kappa shape index (κ1) is 14.1. The molecule has 0 saturated carbocycles. The molecule has 1 aliphatic carbocycles. The van der Waals surface area contributed by atoms with Crippen LogP contribution in [-0.2, 0) is 4.79 Å². The molecule has 0 spiro atoms. The van der Waals surface area contributed by atoms with Gasteiger partial charge in [0, 0.05) is 23.9 Å². The smallest absolute Gasteiger partial charge is 0.271 e. The Labute approximate surface area is 118 Å². The van der Waals surface area contributed by atoms with Gasteiger partial charge in [-0.3, -0.25) is 15.0 Å². The van der Waals surface area contributed by atoms with E-state index in [1.165, 1.54) is 0 Å².